The number of nitrogens with two attached hydrogens (primary N) is 1. The number of halogens is 3. The zero-order chi connectivity index (χ0) is 34.4. The Hall–Kier alpha value is -3.38. The van der Waals surface area contributed by atoms with Crippen LogP contribution in [-0.4, -0.2) is 83.8 Å². The molecular weight excluding hydrogens is 684 g/mol. The van der Waals surface area contributed by atoms with Crippen molar-refractivity contribution in [1.29, 1.82) is 0 Å². The molecule has 2 unspecified atom stereocenters. The van der Waals surface area contributed by atoms with E-state index in [0.717, 1.165) is 38.2 Å². The fourth-order valence-electron chi connectivity index (χ4n) is 3.79. The maximum Gasteiger partial charge on any atom is 0.350 e. The number of carboxylic acid groups (broad SMARTS) is 1. The van der Waals surface area contributed by atoms with E-state index in [2.05, 4.69) is 36.6 Å². The number of benzene rings is 1. The van der Waals surface area contributed by atoms with E-state index in [1.165, 1.54) is 17.4 Å². The van der Waals surface area contributed by atoms with Crippen molar-refractivity contribution >= 4 is 60.0 Å². The summed E-state index contributed by atoms with van der Waals surface area (Å²) >= 11 is 18.0. The van der Waals surface area contributed by atoms with Gasteiger partial charge in [0.25, 0.3) is 0 Å². The van der Waals surface area contributed by atoms with E-state index in [-0.39, 0.29) is 30.2 Å². The number of anilines is 2. The van der Waals surface area contributed by atoms with Crippen molar-refractivity contribution in [1.82, 2.24) is 29.3 Å². The lowest BCUT2D eigenvalue weighted by molar-refractivity contribution is -0.138. The minimum atomic E-state index is -3.10. The van der Waals surface area contributed by atoms with Crippen LogP contribution < -0.4 is 26.8 Å². The lowest BCUT2D eigenvalue weighted by atomic mass is 10.2. The number of carboxylic acids is 1. The first-order chi connectivity index (χ1) is 21.7. The highest BCUT2D eigenvalue weighted by Gasteiger charge is 2.20. The maximum absolute atomic E-state index is 12.5. The van der Waals surface area contributed by atoms with E-state index >= 15 is 0 Å². The predicted molar refractivity (Wildman–Crippen MR) is 179 cm³/mol. The number of aliphatic carboxylic acids is 1. The standard InChI is InChI=1S/C15H13Cl2N3O2.C7H12ClN5.C5H12NO4P/c1-2-7-22-13-9-12(10(16)8-11(13)17)20-15(21)19-6-4-3-5-14(19)18-20;1-3-9-6-11-5(8)12-7(13-6)10-4-2;1-11(9,10)3-2-4(6)5(7)8/h1,8-9H,3-7H2;3-4H2,1-2H3,(H2,9,10,11,12,13);4H,2-3,6H2,1H3,(H,7,8)(H,9,10). The van der Waals surface area contributed by atoms with E-state index in [1.807, 2.05) is 13.8 Å². The van der Waals surface area contributed by atoms with Gasteiger partial charge in [-0.25, -0.2) is 4.79 Å². The minimum Gasteiger partial charge on any atom is -0.480 e. The Morgan fingerprint density at radius 3 is 2.30 bits per heavy atom. The molecule has 2 aromatic heterocycles. The van der Waals surface area contributed by atoms with Crippen LogP contribution in [0.3, 0.4) is 0 Å². The first kappa shape index (κ1) is 38.8. The van der Waals surface area contributed by atoms with Crippen LogP contribution in [0.15, 0.2) is 16.9 Å². The van der Waals surface area contributed by atoms with Crippen molar-refractivity contribution in [2.45, 2.75) is 52.1 Å². The summed E-state index contributed by atoms with van der Waals surface area (Å²) in [7, 11) is -3.10. The van der Waals surface area contributed by atoms with Crippen molar-refractivity contribution in [3.05, 3.63) is 43.8 Å². The minimum absolute atomic E-state index is 0.0412. The van der Waals surface area contributed by atoms with Gasteiger partial charge in [-0.2, -0.15) is 19.6 Å². The predicted octanol–water partition coefficient (Wildman–Crippen LogP) is 3.77. The summed E-state index contributed by atoms with van der Waals surface area (Å²) in [6, 6.07) is 2.08. The summed E-state index contributed by atoms with van der Waals surface area (Å²) < 4.78 is 19.0. The average molecular weight is 721 g/mol. The molecule has 1 aliphatic heterocycles. The second-order valence-corrected chi connectivity index (χ2v) is 13.5. The Morgan fingerprint density at radius 1 is 1.15 bits per heavy atom. The molecule has 0 saturated carbocycles. The van der Waals surface area contributed by atoms with E-state index in [1.54, 1.807) is 10.6 Å². The second-order valence-electron chi connectivity index (χ2n) is 9.77. The summed E-state index contributed by atoms with van der Waals surface area (Å²) in [6.07, 6.45) is 7.97. The van der Waals surface area contributed by atoms with E-state index in [4.69, 9.17) is 61.7 Å². The number of ether oxygens (including phenoxy) is 1. The first-order valence-corrected chi connectivity index (χ1v) is 17.5. The number of terminal acetylenes is 1. The van der Waals surface area contributed by atoms with E-state index in [9.17, 15) is 14.2 Å². The van der Waals surface area contributed by atoms with Crippen LogP contribution in [0, 0.1) is 12.3 Å². The highest BCUT2D eigenvalue weighted by molar-refractivity contribution is 7.57. The van der Waals surface area contributed by atoms with Gasteiger partial charge in [0.1, 0.15) is 24.2 Å². The van der Waals surface area contributed by atoms with Gasteiger partial charge in [-0.15, -0.1) is 11.5 Å². The van der Waals surface area contributed by atoms with Crippen molar-refractivity contribution in [3.8, 4) is 23.8 Å². The molecule has 1 aliphatic rings. The molecule has 0 bridgehead atoms. The Morgan fingerprint density at radius 2 is 1.78 bits per heavy atom. The molecule has 15 nitrogen and oxygen atoms in total. The third-order valence-corrected chi connectivity index (χ3v) is 7.82. The Labute approximate surface area is 281 Å². The summed E-state index contributed by atoms with van der Waals surface area (Å²) in [5.74, 6) is 3.37. The lowest BCUT2D eigenvalue weighted by Gasteiger charge is -2.09. The van der Waals surface area contributed by atoms with Gasteiger partial charge < -0.3 is 31.1 Å². The Bertz CT molecular complexity index is 1600. The SMILES string of the molecule is C#CCOc1cc(-n2nc3n(c2=O)CCCC3)c(Cl)cc1Cl.CCNc1nc(Cl)nc(NCC)n1.CP(=O)(O)CCC(N)C(=O)O. The number of nitrogens with one attached hydrogen (secondary N) is 2. The molecule has 3 aromatic rings. The van der Waals surface area contributed by atoms with Crippen LogP contribution >= 0.6 is 42.2 Å². The fourth-order valence-corrected chi connectivity index (χ4v) is 5.23. The molecule has 0 fully saturated rings. The van der Waals surface area contributed by atoms with Gasteiger partial charge in [-0.3, -0.25) is 13.9 Å². The van der Waals surface area contributed by atoms with Crippen LogP contribution in [0.1, 0.15) is 38.9 Å². The molecule has 1 aromatic carbocycles. The van der Waals surface area contributed by atoms with E-state index < -0.39 is 19.4 Å². The molecular formula is C27H37Cl3N9O6P. The van der Waals surface area contributed by atoms with Crippen molar-refractivity contribution in [3.63, 3.8) is 0 Å². The molecule has 6 N–H and O–H groups in total. The van der Waals surface area contributed by atoms with Crippen LogP contribution in [-0.2, 0) is 22.3 Å². The topological polar surface area (TPSA) is 212 Å². The van der Waals surface area contributed by atoms with Gasteiger partial charge in [0.05, 0.1) is 15.7 Å². The molecule has 4 rings (SSSR count). The smallest absolute Gasteiger partial charge is 0.350 e. The molecule has 0 amide bonds. The number of fused-ring (bicyclic) bond motifs is 1. The molecule has 0 radical (unpaired) electrons. The zero-order valence-electron chi connectivity index (χ0n) is 25.5. The molecule has 0 spiro atoms. The van der Waals surface area contributed by atoms with Gasteiger partial charge in [0.2, 0.25) is 17.2 Å². The first-order valence-electron chi connectivity index (χ1n) is 14.1. The van der Waals surface area contributed by atoms with Gasteiger partial charge in [0.15, 0.2) is 7.37 Å². The van der Waals surface area contributed by atoms with Crippen LogP contribution in [0.4, 0.5) is 11.9 Å². The van der Waals surface area contributed by atoms with Crippen LogP contribution in [0.5, 0.6) is 5.75 Å². The number of aryl methyl sites for hydroxylation is 1. The molecule has 3 heterocycles. The highest BCUT2D eigenvalue weighted by Crippen LogP contribution is 2.36. The summed E-state index contributed by atoms with van der Waals surface area (Å²) in [5, 5.41) is 19.4. The molecule has 2 atom stereocenters. The number of rotatable bonds is 11. The largest absolute Gasteiger partial charge is 0.480 e. The highest BCUT2D eigenvalue weighted by atomic mass is 35.5. The lowest BCUT2D eigenvalue weighted by Crippen LogP contribution is -2.30. The van der Waals surface area contributed by atoms with Gasteiger partial charge in [0, 0.05) is 44.9 Å². The van der Waals surface area contributed by atoms with Crippen molar-refractivity contribution in [2.75, 3.05) is 43.2 Å². The summed E-state index contributed by atoms with van der Waals surface area (Å²) in [6.45, 7) is 7.38. The van der Waals surface area contributed by atoms with Crippen molar-refractivity contribution < 1.29 is 24.1 Å². The van der Waals surface area contributed by atoms with Gasteiger partial charge >= 0.3 is 11.7 Å². The average Bonchev–Trinajstić information content (AvgIpc) is 3.32. The van der Waals surface area contributed by atoms with Gasteiger partial charge in [-0.05, 0) is 50.8 Å². The molecule has 0 saturated heterocycles. The van der Waals surface area contributed by atoms with E-state index in [0.29, 0.717) is 39.9 Å². The fraction of sp³-hybridized carbons (Fsp3) is 0.481. The Kier molecular flexibility index (Phi) is 15.8. The molecule has 0 aliphatic carbocycles. The summed E-state index contributed by atoms with van der Waals surface area (Å²) in [5.41, 5.74) is 5.32. The third kappa shape index (κ3) is 12.4. The molecule has 19 heteroatoms. The molecule has 252 valence electrons. The van der Waals surface area contributed by atoms with Crippen LogP contribution in [0.2, 0.25) is 15.3 Å². The monoisotopic (exact) mass is 719 g/mol. The van der Waals surface area contributed by atoms with Crippen LogP contribution in [0.25, 0.3) is 5.69 Å². The number of hydrogen-bond donors (Lipinski definition) is 5. The number of aromatic nitrogens is 6. The van der Waals surface area contributed by atoms with Gasteiger partial charge in [-0.1, -0.05) is 29.1 Å². The molecule has 46 heavy (non-hydrogen) atoms. The summed E-state index contributed by atoms with van der Waals surface area (Å²) in [4.78, 5) is 43.2. The maximum atomic E-state index is 12.5. The zero-order valence-corrected chi connectivity index (χ0v) is 28.7. The quantitative estimate of drug-likeness (QED) is 0.141. The second kappa shape index (κ2) is 18.7. The normalized spacial score (nSPS) is 13.7. The number of hydrogen-bond acceptors (Lipinski definition) is 11. The third-order valence-electron chi connectivity index (χ3n) is 5.96. The van der Waals surface area contributed by atoms with Crippen molar-refractivity contribution in [2.24, 2.45) is 5.73 Å². The number of carbonyl (C=O) groups is 1. The number of nitrogens with zero attached hydrogens (tertiary/aromatic N) is 6. The Balaban J connectivity index is 0.000000263.